The quantitative estimate of drug-likeness (QED) is 0.634. The molecule has 0 amide bonds. The third-order valence-corrected chi connectivity index (χ3v) is 2.33. The molecule has 6 heteroatoms. The van der Waals surface area contributed by atoms with Crippen molar-refractivity contribution in [3.05, 3.63) is 23.2 Å². The Morgan fingerprint density at radius 1 is 1.31 bits per heavy atom. The zero-order chi connectivity index (χ0) is 12.2. The normalized spacial score (nSPS) is 11.5. The molecular weight excluding hydrogens is 241 g/mol. The Morgan fingerprint density at radius 3 is 2.62 bits per heavy atom. The van der Waals surface area contributed by atoms with Gasteiger partial charge in [-0.25, -0.2) is 0 Å². The fraction of sp³-hybridized carbons (Fsp3) is 0.400. The molecule has 1 rings (SSSR count). The van der Waals surface area contributed by atoms with Gasteiger partial charge in [0.15, 0.2) is 0 Å². The van der Waals surface area contributed by atoms with Gasteiger partial charge in [-0.3, -0.25) is 0 Å². The van der Waals surface area contributed by atoms with Gasteiger partial charge in [-0.05, 0) is 18.6 Å². The highest BCUT2D eigenvalue weighted by Gasteiger charge is 2.25. The molecule has 0 heterocycles. The topological polar surface area (TPSA) is 38.0 Å². The standard InChI is InChI=1S/C10H12ClF3N2/c11-7-3-1-4-8(9(7)15)16-6-2-5-10(12,13)14/h1,3-4,16H,2,5-6,15H2. The first-order valence-corrected chi connectivity index (χ1v) is 5.12. The fourth-order valence-corrected chi connectivity index (χ4v) is 1.38. The molecule has 0 spiro atoms. The minimum Gasteiger partial charge on any atom is -0.396 e. The second-order valence-corrected chi connectivity index (χ2v) is 3.75. The molecule has 0 aliphatic carbocycles. The molecule has 2 nitrogen and oxygen atoms in total. The van der Waals surface area contributed by atoms with Gasteiger partial charge in [0.1, 0.15) is 0 Å². The lowest BCUT2D eigenvalue weighted by atomic mass is 10.2. The molecule has 90 valence electrons. The number of nitrogens with two attached hydrogens (primary N) is 1. The van der Waals surface area contributed by atoms with E-state index in [1.807, 2.05) is 0 Å². The first-order valence-electron chi connectivity index (χ1n) is 4.75. The van der Waals surface area contributed by atoms with Crippen LogP contribution in [0.25, 0.3) is 0 Å². The first kappa shape index (κ1) is 13.0. The summed E-state index contributed by atoms with van der Waals surface area (Å²) in [5, 5.41) is 3.21. The van der Waals surface area contributed by atoms with Crippen molar-refractivity contribution in [1.82, 2.24) is 0 Å². The Balaban J connectivity index is 2.41. The highest BCUT2D eigenvalue weighted by molar-refractivity contribution is 6.33. The molecular formula is C10H12ClF3N2. The van der Waals surface area contributed by atoms with E-state index >= 15 is 0 Å². The molecule has 0 bridgehead atoms. The van der Waals surface area contributed by atoms with Crippen LogP contribution >= 0.6 is 11.6 Å². The summed E-state index contributed by atoms with van der Waals surface area (Å²) in [5.41, 5.74) is 6.56. The summed E-state index contributed by atoms with van der Waals surface area (Å²) in [7, 11) is 0. The summed E-state index contributed by atoms with van der Waals surface area (Å²) in [4.78, 5) is 0. The van der Waals surface area contributed by atoms with E-state index < -0.39 is 12.6 Å². The lowest BCUT2D eigenvalue weighted by Gasteiger charge is -2.11. The lowest BCUT2D eigenvalue weighted by Crippen LogP contribution is -2.11. The highest BCUT2D eigenvalue weighted by Crippen LogP contribution is 2.27. The number of hydrogen-bond acceptors (Lipinski definition) is 2. The maximum atomic E-state index is 11.9. The monoisotopic (exact) mass is 252 g/mol. The van der Waals surface area contributed by atoms with Crippen LogP contribution in [-0.4, -0.2) is 12.7 Å². The van der Waals surface area contributed by atoms with Crippen LogP contribution in [0.5, 0.6) is 0 Å². The molecule has 16 heavy (non-hydrogen) atoms. The van der Waals surface area contributed by atoms with E-state index in [1.54, 1.807) is 18.2 Å². The minimum absolute atomic E-state index is 0.00938. The van der Waals surface area contributed by atoms with Crippen LogP contribution in [0.15, 0.2) is 18.2 Å². The SMILES string of the molecule is Nc1c(Cl)cccc1NCCCC(F)(F)F. The number of alkyl halides is 3. The smallest absolute Gasteiger partial charge is 0.389 e. The summed E-state index contributed by atoms with van der Waals surface area (Å²) in [6.45, 7) is 0.212. The fourth-order valence-electron chi connectivity index (χ4n) is 1.20. The second-order valence-electron chi connectivity index (χ2n) is 3.35. The van der Waals surface area contributed by atoms with Gasteiger partial charge in [0.25, 0.3) is 0 Å². The maximum absolute atomic E-state index is 11.9. The van der Waals surface area contributed by atoms with Gasteiger partial charge in [0, 0.05) is 13.0 Å². The molecule has 0 atom stereocenters. The zero-order valence-corrected chi connectivity index (χ0v) is 9.20. The van der Waals surface area contributed by atoms with Crippen LogP contribution < -0.4 is 11.1 Å². The zero-order valence-electron chi connectivity index (χ0n) is 8.44. The number of anilines is 2. The van der Waals surface area contributed by atoms with Crippen molar-refractivity contribution in [2.75, 3.05) is 17.6 Å². The molecule has 0 saturated carbocycles. The van der Waals surface area contributed by atoms with Gasteiger partial charge >= 0.3 is 6.18 Å². The van der Waals surface area contributed by atoms with E-state index in [4.69, 9.17) is 17.3 Å². The van der Waals surface area contributed by atoms with Crippen LogP contribution in [0.3, 0.4) is 0 Å². The summed E-state index contributed by atoms with van der Waals surface area (Å²) >= 11 is 5.75. The summed E-state index contributed by atoms with van der Waals surface area (Å²) in [6, 6.07) is 4.98. The predicted molar refractivity (Wildman–Crippen MR) is 59.6 cm³/mol. The summed E-state index contributed by atoms with van der Waals surface area (Å²) < 4.78 is 35.6. The maximum Gasteiger partial charge on any atom is 0.389 e. The molecule has 0 unspecified atom stereocenters. The summed E-state index contributed by atoms with van der Waals surface area (Å²) in [6.07, 6.45) is -4.91. The van der Waals surface area contributed by atoms with Gasteiger partial charge in [0.05, 0.1) is 16.4 Å². The second kappa shape index (κ2) is 5.30. The molecule has 0 aliphatic rings. The van der Waals surface area contributed by atoms with Gasteiger partial charge in [-0.1, -0.05) is 17.7 Å². The largest absolute Gasteiger partial charge is 0.396 e. The molecule has 1 aromatic rings. The van der Waals surface area contributed by atoms with Crippen LogP contribution in [0, 0.1) is 0 Å². The van der Waals surface area contributed by atoms with E-state index in [2.05, 4.69) is 5.32 Å². The number of halogens is 4. The Morgan fingerprint density at radius 2 is 2.00 bits per heavy atom. The van der Waals surface area contributed by atoms with E-state index in [9.17, 15) is 13.2 Å². The number of nitrogen functional groups attached to an aromatic ring is 1. The van der Waals surface area contributed by atoms with Crippen molar-refractivity contribution in [2.45, 2.75) is 19.0 Å². The molecule has 0 aliphatic heterocycles. The van der Waals surface area contributed by atoms with Gasteiger partial charge in [-0.15, -0.1) is 0 Å². The predicted octanol–water partition coefficient (Wildman–Crippen LogP) is 3.68. The van der Waals surface area contributed by atoms with E-state index in [-0.39, 0.29) is 13.0 Å². The highest BCUT2D eigenvalue weighted by atomic mass is 35.5. The Kier molecular flexibility index (Phi) is 4.29. The number of benzene rings is 1. The number of nitrogens with one attached hydrogen (secondary N) is 1. The van der Waals surface area contributed by atoms with E-state index in [0.29, 0.717) is 16.4 Å². The van der Waals surface area contributed by atoms with Gasteiger partial charge < -0.3 is 11.1 Å². The first-order chi connectivity index (χ1) is 7.40. The van der Waals surface area contributed by atoms with Crippen LogP contribution in [0.4, 0.5) is 24.5 Å². The third-order valence-electron chi connectivity index (χ3n) is 2.01. The number of para-hydroxylation sites is 1. The van der Waals surface area contributed by atoms with Crippen molar-refractivity contribution < 1.29 is 13.2 Å². The molecule has 1 aromatic carbocycles. The Bertz CT molecular complexity index is 352. The van der Waals surface area contributed by atoms with Crippen LogP contribution in [0.1, 0.15) is 12.8 Å². The van der Waals surface area contributed by atoms with E-state index in [1.165, 1.54) is 0 Å². The molecule has 0 fully saturated rings. The van der Waals surface area contributed by atoms with E-state index in [0.717, 1.165) is 0 Å². The Labute approximate surface area is 96.6 Å². The molecule has 0 aromatic heterocycles. The molecule has 0 radical (unpaired) electrons. The summed E-state index contributed by atoms with van der Waals surface area (Å²) in [5.74, 6) is 0. The van der Waals surface area contributed by atoms with Gasteiger partial charge in [-0.2, -0.15) is 13.2 Å². The minimum atomic E-state index is -4.11. The van der Waals surface area contributed by atoms with Crippen LogP contribution in [-0.2, 0) is 0 Å². The van der Waals surface area contributed by atoms with Crippen LogP contribution in [0.2, 0.25) is 5.02 Å². The number of hydrogen-bond donors (Lipinski definition) is 2. The number of rotatable bonds is 4. The van der Waals surface area contributed by atoms with Gasteiger partial charge in [0.2, 0.25) is 0 Å². The lowest BCUT2D eigenvalue weighted by molar-refractivity contribution is -0.134. The molecule has 3 N–H and O–H groups in total. The van der Waals surface area contributed by atoms with Crippen molar-refractivity contribution in [3.8, 4) is 0 Å². The third kappa shape index (κ3) is 4.18. The average Bonchev–Trinajstić information content (AvgIpc) is 2.17. The van der Waals surface area contributed by atoms with Crippen molar-refractivity contribution >= 4 is 23.0 Å². The molecule has 0 saturated heterocycles. The Hall–Kier alpha value is -1.10. The van der Waals surface area contributed by atoms with Crippen molar-refractivity contribution in [2.24, 2.45) is 0 Å². The van der Waals surface area contributed by atoms with Crippen molar-refractivity contribution in [3.63, 3.8) is 0 Å². The average molecular weight is 253 g/mol. The van der Waals surface area contributed by atoms with Crippen molar-refractivity contribution in [1.29, 1.82) is 0 Å².